The lowest BCUT2D eigenvalue weighted by Crippen LogP contribution is -2.30. The largest absolute Gasteiger partial charge is 0.487 e. The van der Waals surface area contributed by atoms with E-state index in [4.69, 9.17) is 14.6 Å². The summed E-state index contributed by atoms with van der Waals surface area (Å²) in [6.07, 6.45) is -0.969. The quantitative estimate of drug-likeness (QED) is 0.831. The average Bonchev–Trinajstić information content (AvgIpc) is 3.12. The molecule has 26 heavy (non-hydrogen) atoms. The van der Waals surface area contributed by atoms with Crippen LogP contribution in [-0.4, -0.2) is 29.2 Å². The van der Waals surface area contributed by atoms with Crippen LogP contribution in [0.15, 0.2) is 48.5 Å². The van der Waals surface area contributed by atoms with Gasteiger partial charge in [0.05, 0.1) is 5.69 Å². The number of carbonyl (C=O) groups excluding carboxylic acids is 1. The normalized spacial score (nSPS) is 19.1. The Hall–Kier alpha value is -2.86. The van der Waals surface area contributed by atoms with Crippen molar-refractivity contribution in [2.24, 2.45) is 0 Å². The van der Waals surface area contributed by atoms with E-state index in [1.165, 1.54) is 0 Å². The number of anilines is 1. The van der Waals surface area contributed by atoms with E-state index in [-0.39, 0.29) is 5.91 Å². The molecule has 6 heteroatoms. The first kappa shape index (κ1) is 17.9. The minimum atomic E-state index is -1.04. The number of benzene rings is 2. The highest BCUT2D eigenvalue weighted by Crippen LogP contribution is 2.28. The van der Waals surface area contributed by atoms with Crippen molar-refractivity contribution < 1.29 is 24.2 Å². The lowest BCUT2D eigenvalue weighted by Gasteiger charge is -2.16. The lowest BCUT2D eigenvalue weighted by atomic mass is 10.1. The third-order valence-electron chi connectivity index (χ3n) is 4.22. The first-order chi connectivity index (χ1) is 12.5. The van der Waals surface area contributed by atoms with Gasteiger partial charge in [0.1, 0.15) is 18.5 Å². The van der Waals surface area contributed by atoms with Crippen molar-refractivity contribution in [2.45, 2.75) is 38.6 Å². The fourth-order valence-electron chi connectivity index (χ4n) is 2.83. The summed E-state index contributed by atoms with van der Waals surface area (Å²) in [6, 6.07) is 15.3. The zero-order valence-corrected chi connectivity index (χ0v) is 14.5. The number of carboxylic acid groups (broad SMARTS) is 1. The fourth-order valence-corrected chi connectivity index (χ4v) is 2.83. The maximum absolute atomic E-state index is 12.4. The van der Waals surface area contributed by atoms with Crippen molar-refractivity contribution in [2.75, 3.05) is 5.32 Å². The molecule has 6 nitrogen and oxygen atoms in total. The van der Waals surface area contributed by atoms with E-state index in [0.717, 1.165) is 11.1 Å². The third kappa shape index (κ3) is 4.40. The first-order valence-electron chi connectivity index (χ1n) is 8.49. The highest BCUT2D eigenvalue weighted by Gasteiger charge is 2.35. The topological polar surface area (TPSA) is 84.9 Å². The van der Waals surface area contributed by atoms with Crippen molar-refractivity contribution in [3.05, 3.63) is 59.7 Å². The third-order valence-corrected chi connectivity index (χ3v) is 4.22. The van der Waals surface area contributed by atoms with Gasteiger partial charge in [0.25, 0.3) is 5.91 Å². The molecule has 0 unspecified atom stereocenters. The van der Waals surface area contributed by atoms with Gasteiger partial charge in [0.15, 0.2) is 6.10 Å². The van der Waals surface area contributed by atoms with Crippen LogP contribution in [0.1, 0.15) is 24.0 Å². The number of ether oxygens (including phenoxy) is 2. The van der Waals surface area contributed by atoms with E-state index in [1.807, 2.05) is 55.5 Å². The van der Waals surface area contributed by atoms with E-state index in [9.17, 15) is 9.59 Å². The van der Waals surface area contributed by atoms with Crippen LogP contribution in [0, 0.1) is 6.92 Å². The second-order valence-corrected chi connectivity index (χ2v) is 6.29. The summed E-state index contributed by atoms with van der Waals surface area (Å²) >= 11 is 0. The summed E-state index contributed by atoms with van der Waals surface area (Å²) in [7, 11) is 0. The molecule has 136 valence electrons. The lowest BCUT2D eigenvalue weighted by molar-refractivity contribution is -0.150. The average molecular weight is 355 g/mol. The minimum absolute atomic E-state index is 0.332. The van der Waals surface area contributed by atoms with Crippen molar-refractivity contribution in [3.63, 3.8) is 0 Å². The Morgan fingerprint density at radius 1 is 1.15 bits per heavy atom. The Kier molecular flexibility index (Phi) is 5.53. The molecule has 1 aliphatic heterocycles. The van der Waals surface area contributed by atoms with E-state index < -0.39 is 18.2 Å². The predicted molar refractivity (Wildman–Crippen MR) is 96.1 cm³/mol. The molecule has 2 atom stereocenters. The molecule has 0 bridgehead atoms. The Labute approximate surface area is 151 Å². The number of hydrogen-bond acceptors (Lipinski definition) is 4. The molecule has 1 amide bonds. The number of aliphatic carboxylic acids is 1. The summed E-state index contributed by atoms with van der Waals surface area (Å²) < 4.78 is 11.2. The molecule has 1 fully saturated rings. The second kappa shape index (κ2) is 8.01. The molecule has 1 heterocycles. The Morgan fingerprint density at radius 2 is 1.88 bits per heavy atom. The number of carbonyl (C=O) groups is 2. The van der Waals surface area contributed by atoms with Crippen LogP contribution in [0.2, 0.25) is 0 Å². The van der Waals surface area contributed by atoms with Crippen molar-refractivity contribution in [3.8, 4) is 5.75 Å². The monoisotopic (exact) mass is 355 g/mol. The van der Waals surface area contributed by atoms with Crippen molar-refractivity contribution in [1.29, 1.82) is 0 Å². The zero-order chi connectivity index (χ0) is 18.5. The van der Waals surface area contributed by atoms with Gasteiger partial charge in [-0.25, -0.2) is 4.79 Å². The van der Waals surface area contributed by atoms with Gasteiger partial charge in [0, 0.05) is 0 Å². The molecule has 2 aromatic rings. The van der Waals surface area contributed by atoms with Gasteiger partial charge in [-0.2, -0.15) is 0 Å². The van der Waals surface area contributed by atoms with Gasteiger partial charge in [-0.15, -0.1) is 0 Å². The molecule has 2 N–H and O–H groups in total. The van der Waals surface area contributed by atoms with Crippen LogP contribution in [0.25, 0.3) is 0 Å². The van der Waals surface area contributed by atoms with Crippen molar-refractivity contribution in [1.82, 2.24) is 0 Å². The molecule has 0 radical (unpaired) electrons. The van der Waals surface area contributed by atoms with Gasteiger partial charge < -0.3 is 19.9 Å². The van der Waals surface area contributed by atoms with E-state index in [0.29, 0.717) is 30.9 Å². The van der Waals surface area contributed by atoms with Crippen molar-refractivity contribution >= 4 is 17.6 Å². The molecule has 3 rings (SSSR count). The standard InChI is InChI=1S/C20H21NO5/c1-13-7-8-16(25-12-14-5-3-2-4-6-14)15(11-13)21-19(22)17-9-10-18(26-17)20(23)24/h2-8,11,17-18H,9-10,12H2,1H3,(H,21,22)(H,23,24)/t17-,18+/m0/s1. The predicted octanol–water partition coefficient (Wildman–Crippen LogP) is 3.14. The zero-order valence-electron chi connectivity index (χ0n) is 14.5. The van der Waals surface area contributed by atoms with Gasteiger partial charge in [0.2, 0.25) is 0 Å². The number of rotatable bonds is 6. The molecule has 0 spiro atoms. The second-order valence-electron chi connectivity index (χ2n) is 6.29. The maximum atomic E-state index is 12.4. The van der Waals surface area contributed by atoms with Gasteiger partial charge in [-0.1, -0.05) is 36.4 Å². The molecule has 1 aliphatic rings. The van der Waals surface area contributed by atoms with Crippen LogP contribution >= 0.6 is 0 Å². The van der Waals surface area contributed by atoms with Gasteiger partial charge in [-0.3, -0.25) is 4.79 Å². The van der Waals surface area contributed by atoms with Crippen LogP contribution in [0.5, 0.6) is 5.75 Å². The highest BCUT2D eigenvalue weighted by molar-refractivity contribution is 5.96. The highest BCUT2D eigenvalue weighted by atomic mass is 16.5. The number of aryl methyl sites for hydroxylation is 1. The van der Waals surface area contributed by atoms with Crippen LogP contribution in [0.4, 0.5) is 5.69 Å². The van der Waals surface area contributed by atoms with Gasteiger partial charge in [-0.05, 0) is 43.0 Å². The number of carboxylic acids is 1. The molecular formula is C20H21NO5. The first-order valence-corrected chi connectivity index (χ1v) is 8.49. The Morgan fingerprint density at radius 3 is 2.58 bits per heavy atom. The van der Waals surface area contributed by atoms with E-state index >= 15 is 0 Å². The summed E-state index contributed by atoms with van der Waals surface area (Å²) in [6.45, 7) is 2.30. The van der Waals surface area contributed by atoms with E-state index in [2.05, 4.69) is 5.32 Å². The molecule has 2 aromatic carbocycles. The Balaban J connectivity index is 1.68. The molecule has 0 saturated carbocycles. The smallest absolute Gasteiger partial charge is 0.332 e. The summed E-state index contributed by atoms with van der Waals surface area (Å²) in [4.78, 5) is 23.4. The fraction of sp³-hybridized carbons (Fsp3) is 0.300. The molecule has 1 saturated heterocycles. The number of hydrogen-bond donors (Lipinski definition) is 2. The molecule has 0 aromatic heterocycles. The minimum Gasteiger partial charge on any atom is -0.487 e. The Bertz CT molecular complexity index is 790. The maximum Gasteiger partial charge on any atom is 0.332 e. The SMILES string of the molecule is Cc1ccc(OCc2ccccc2)c(NC(=O)[C@@H]2CC[C@H](C(=O)O)O2)c1. The van der Waals surface area contributed by atoms with E-state index in [1.54, 1.807) is 0 Å². The van der Waals surface area contributed by atoms with Gasteiger partial charge >= 0.3 is 5.97 Å². The van der Waals surface area contributed by atoms with Crippen LogP contribution in [-0.2, 0) is 20.9 Å². The number of amides is 1. The van der Waals surface area contributed by atoms with Crippen LogP contribution in [0.3, 0.4) is 0 Å². The summed E-state index contributed by atoms with van der Waals surface area (Å²) in [5.41, 5.74) is 2.55. The van der Waals surface area contributed by atoms with Crippen LogP contribution < -0.4 is 10.1 Å². The molecule has 0 aliphatic carbocycles. The summed E-state index contributed by atoms with van der Waals surface area (Å²) in [5.74, 6) is -0.841. The number of nitrogens with one attached hydrogen (secondary N) is 1. The molecular weight excluding hydrogens is 334 g/mol. The summed E-state index contributed by atoms with van der Waals surface area (Å²) in [5, 5.41) is 11.8.